The molecule has 0 atom stereocenters. The van der Waals surface area contributed by atoms with Gasteiger partial charge in [-0.25, -0.2) is 4.79 Å². The third-order valence-electron chi connectivity index (χ3n) is 2.70. The molecule has 0 aliphatic rings. The molecule has 2 aromatic rings. The summed E-state index contributed by atoms with van der Waals surface area (Å²) in [7, 11) is 2.96. The smallest absolute Gasteiger partial charge is 0.335 e. The molecule has 2 N–H and O–H groups in total. The standard InChI is InChI=1S/C13H12O5/c1-17-10-3-4-11(18-2)12-8(10)5-7(13(15)16)6-9(12)14/h3-6,14H,1-2H3,(H,15,16). The second kappa shape index (κ2) is 4.44. The number of hydrogen-bond donors (Lipinski definition) is 2. The van der Waals surface area contributed by atoms with Gasteiger partial charge in [0.1, 0.15) is 17.2 Å². The predicted octanol–water partition coefficient (Wildman–Crippen LogP) is 2.26. The maximum Gasteiger partial charge on any atom is 0.335 e. The zero-order chi connectivity index (χ0) is 13.3. The Bertz CT molecular complexity index is 618. The fraction of sp³-hybridized carbons (Fsp3) is 0.154. The maximum atomic E-state index is 11.0. The van der Waals surface area contributed by atoms with E-state index >= 15 is 0 Å². The van der Waals surface area contributed by atoms with Gasteiger partial charge in [-0.2, -0.15) is 0 Å². The molecule has 0 radical (unpaired) electrons. The Balaban J connectivity index is 2.88. The summed E-state index contributed by atoms with van der Waals surface area (Å²) in [6.07, 6.45) is 0. The molecule has 0 fully saturated rings. The van der Waals surface area contributed by atoms with Crippen LogP contribution in [0.2, 0.25) is 0 Å². The first-order valence-electron chi connectivity index (χ1n) is 5.19. The molecule has 0 bridgehead atoms. The highest BCUT2D eigenvalue weighted by atomic mass is 16.5. The number of carboxylic acids is 1. The van der Waals surface area contributed by atoms with Gasteiger partial charge in [-0.3, -0.25) is 0 Å². The first-order chi connectivity index (χ1) is 8.58. The van der Waals surface area contributed by atoms with Crippen LogP contribution < -0.4 is 9.47 Å². The van der Waals surface area contributed by atoms with Crippen molar-refractivity contribution >= 4 is 16.7 Å². The second-order valence-electron chi connectivity index (χ2n) is 3.69. The molecule has 0 saturated heterocycles. The lowest BCUT2D eigenvalue weighted by molar-refractivity contribution is 0.0696. The van der Waals surface area contributed by atoms with Crippen LogP contribution in [0.5, 0.6) is 17.2 Å². The van der Waals surface area contributed by atoms with Crippen LogP contribution in [0.1, 0.15) is 10.4 Å². The summed E-state index contributed by atoms with van der Waals surface area (Å²) in [6.45, 7) is 0. The van der Waals surface area contributed by atoms with E-state index in [1.165, 1.54) is 26.4 Å². The van der Waals surface area contributed by atoms with Gasteiger partial charge in [0.25, 0.3) is 0 Å². The number of phenols is 1. The highest BCUT2D eigenvalue weighted by Crippen LogP contribution is 2.39. The van der Waals surface area contributed by atoms with E-state index in [1.807, 2.05) is 0 Å². The number of aromatic carboxylic acids is 1. The summed E-state index contributed by atoms with van der Waals surface area (Å²) in [6, 6.07) is 5.94. The number of aromatic hydroxyl groups is 1. The summed E-state index contributed by atoms with van der Waals surface area (Å²) >= 11 is 0. The minimum atomic E-state index is -1.11. The van der Waals surface area contributed by atoms with E-state index < -0.39 is 5.97 Å². The number of methoxy groups -OCH3 is 2. The zero-order valence-corrected chi connectivity index (χ0v) is 9.93. The van der Waals surface area contributed by atoms with Crippen molar-refractivity contribution in [3.05, 3.63) is 29.8 Å². The van der Waals surface area contributed by atoms with E-state index in [9.17, 15) is 9.90 Å². The fourth-order valence-electron chi connectivity index (χ4n) is 1.88. The van der Waals surface area contributed by atoms with Crippen molar-refractivity contribution in [3.63, 3.8) is 0 Å². The van der Waals surface area contributed by atoms with Crippen molar-refractivity contribution in [2.75, 3.05) is 14.2 Å². The van der Waals surface area contributed by atoms with E-state index in [-0.39, 0.29) is 11.3 Å². The molecule has 0 unspecified atom stereocenters. The summed E-state index contributed by atoms with van der Waals surface area (Å²) in [5, 5.41) is 19.8. The quantitative estimate of drug-likeness (QED) is 0.871. The van der Waals surface area contributed by atoms with Crippen molar-refractivity contribution in [2.45, 2.75) is 0 Å². The molecular weight excluding hydrogens is 236 g/mol. The lowest BCUT2D eigenvalue weighted by Crippen LogP contribution is -1.97. The molecule has 5 heteroatoms. The lowest BCUT2D eigenvalue weighted by Gasteiger charge is -2.11. The Hall–Kier alpha value is -2.43. The monoisotopic (exact) mass is 248 g/mol. The SMILES string of the molecule is COc1ccc(OC)c2c(O)cc(C(=O)O)cc12. The van der Waals surface area contributed by atoms with Gasteiger partial charge in [-0.1, -0.05) is 0 Å². The molecule has 0 aromatic heterocycles. The number of carbonyl (C=O) groups is 1. The van der Waals surface area contributed by atoms with Crippen LogP contribution in [-0.2, 0) is 0 Å². The Labute approximate surface area is 103 Å². The van der Waals surface area contributed by atoms with Crippen molar-refractivity contribution in [3.8, 4) is 17.2 Å². The van der Waals surface area contributed by atoms with Gasteiger partial charge >= 0.3 is 5.97 Å². The first-order valence-corrected chi connectivity index (χ1v) is 5.19. The van der Waals surface area contributed by atoms with Gasteiger partial charge in [0.15, 0.2) is 0 Å². The molecule has 0 aliphatic carbocycles. The third-order valence-corrected chi connectivity index (χ3v) is 2.70. The fourth-order valence-corrected chi connectivity index (χ4v) is 1.88. The van der Waals surface area contributed by atoms with Gasteiger partial charge in [-0.15, -0.1) is 0 Å². The van der Waals surface area contributed by atoms with Gasteiger partial charge < -0.3 is 19.7 Å². The normalized spacial score (nSPS) is 10.3. The third kappa shape index (κ3) is 1.79. The molecular formula is C13H12O5. The average Bonchev–Trinajstić information content (AvgIpc) is 2.37. The molecule has 0 saturated carbocycles. The number of carboxylic acid groups (broad SMARTS) is 1. The zero-order valence-electron chi connectivity index (χ0n) is 9.93. The summed E-state index contributed by atoms with van der Waals surface area (Å²) in [5.41, 5.74) is -0.00782. The number of fused-ring (bicyclic) bond motifs is 1. The molecule has 0 aliphatic heterocycles. The number of benzene rings is 2. The van der Waals surface area contributed by atoms with Crippen LogP contribution in [-0.4, -0.2) is 30.4 Å². The average molecular weight is 248 g/mol. The van der Waals surface area contributed by atoms with Crippen molar-refractivity contribution in [1.82, 2.24) is 0 Å². The maximum absolute atomic E-state index is 11.0. The van der Waals surface area contributed by atoms with Gasteiger partial charge in [0.2, 0.25) is 0 Å². The van der Waals surface area contributed by atoms with E-state index in [4.69, 9.17) is 14.6 Å². The van der Waals surface area contributed by atoms with Crippen molar-refractivity contribution < 1.29 is 24.5 Å². The number of hydrogen-bond acceptors (Lipinski definition) is 4. The lowest BCUT2D eigenvalue weighted by atomic mass is 10.0. The Kier molecular flexibility index (Phi) is 2.97. The van der Waals surface area contributed by atoms with Crippen LogP contribution in [0.4, 0.5) is 0 Å². The van der Waals surface area contributed by atoms with E-state index in [1.54, 1.807) is 12.1 Å². The summed E-state index contributed by atoms with van der Waals surface area (Å²) in [5.74, 6) is -0.331. The Morgan fingerprint density at radius 2 is 1.72 bits per heavy atom. The van der Waals surface area contributed by atoms with Crippen LogP contribution in [0.15, 0.2) is 24.3 Å². The van der Waals surface area contributed by atoms with Crippen molar-refractivity contribution in [1.29, 1.82) is 0 Å². The topological polar surface area (TPSA) is 76.0 Å². The number of phenolic OH excluding ortho intramolecular Hbond substituents is 1. The molecule has 2 rings (SSSR count). The Morgan fingerprint density at radius 3 is 2.28 bits per heavy atom. The molecule has 18 heavy (non-hydrogen) atoms. The van der Waals surface area contributed by atoms with Crippen LogP contribution in [0.3, 0.4) is 0 Å². The largest absolute Gasteiger partial charge is 0.507 e. The van der Waals surface area contributed by atoms with Crippen LogP contribution in [0, 0.1) is 0 Å². The van der Waals surface area contributed by atoms with E-state index in [0.717, 1.165) is 0 Å². The molecule has 0 heterocycles. The highest BCUT2D eigenvalue weighted by Gasteiger charge is 2.15. The van der Waals surface area contributed by atoms with Gasteiger partial charge in [0.05, 0.1) is 25.2 Å². The van der Waals surface area contributed by atoms with E-state index in [0.29, 0.717) is 22.3 Å². The predicted molar refractivity (Wildman–Crippen MR) is 65.7 cm³/mol. The molecule has 2 aromatic carbocycles. The minimum Gasteiger partial charge on any atom is -0.507 e. The molecule has 0 spiro atoms. The van der Waals surface area contributed by atoms with E-state index in [2.05, 4.69) is 0 Å². The van der Waals surface area contributed by atoms with Crippen molar-refractivity contribution in [2.24, 2.45) is 0 Å². The molecule has 0 amide bonds. The first kappa shape index (κ1) is 12.0. The molecule has 5 nitrogen and oxygen atoms in total. The van der Waals surface area contributed by atoms with Gasteiger partial charge in [0, 0.05) is 5.39 Å². The van der Waals surface area contributed by atoms with Crippen LogP contribution in [0.25, 0.3) is 10.8 Å². The number of ether oxygens (including phenoxy) is 2. The number of rotatable bonds is 3. The van der Waals surface area contributed by atoms with Crippen LogP contribution >= 0.6 is 0 Å². The second-order valence-corrected chi connectivity index (χ2v) is 3.69. The minimum absolute atomic E-state index is 0.00782. The summed E-state index contributed by atoms with van der Waals surface area (Å²) < 4.78 is 10.3. The summed E-state index contributed by atoms with van der Waals surface area (Å²) in [4.78, 5) is 11.0. The highest BCUT2D eigenvalue weighted by molar-refractivity contribution is 6.02. The Morgan fingerprint density at radius 1 is 1.11 bits per heavy atom. The van der Waals surface area contributed by atoms with Gasteiger partial charge in [-0.05, 0) is 24.3 Å². The molecule has 94 valence electrons.